The minimum Gasteiger partial charge on any atom is -0.449 e. The van der Waals surface area contributed by atoms with E-state index in [0.29, 0.717) is 17.2 Å². The Labute approximate surface area is 118 Å². The average molecular weight is 288 g/mol. The number of rotatable bonds is 2. The number of hydrogen-bond donors (Lipinski definition) is 1. The van der Waals surface area contributed by atoms with E-state index in [0.717, 1.165) is 17.8 Å². The molecule has 0 spiro atoms. The lowest BCUT2D eigenvalue weighted by molar-refractivity contribution is 0.0998. The molecule has 1 aromatic carbocycles. The first-order chi connectivity index (χ1) is 10.0. The van der Waals surface area contributed by atoms with Crippen LogP contribution in [0.2, 0.25) is 0 Å². The molecule has 0 radical (unpaired) electrons. The van der Waals surface area contributed by atoms with Crippen molar-refractivity contribution < 1.29 is 18.0 Å². The molecule has 0 aliphatic carbocycles. The Hall–Kier alpha value is -2.76. The highest BCUT2D eigenvalue weighted by Crippen LogP contribution is 2.20. The van der Waals surface area contributed by atoms with Crippen molar-refractivity contribution in [3.8, 4) is 0 Å². The lowest BCUT2D eigenvalue weighted by atomic mass is 10.3. The van der Waals surface area contributed by atoms with Crippen molar-refractivity contribution in [2.24, 2.45) is 0 Å². The van der Waals surface area contributed by atoms with Gasteiger partial charge in [-0.2, -0.15) is 0 Å². The number of nitrogens with zero attached hydrogens (tertiary/aromatic N) is 1. The van der Waals surface area contributed by atoms with Crippen molar-refractivity contribution in [3.63, 3.8) is 0 Å². The summed E-state index contributed by atoms with van der Waals surface area (Å²) >= 11 is 0. The number of amides is 1. The molecule has 21 heavy (non-hydrogen) atoms. The second-order valence-corrected chi connectivity index (χ2v) is 4.52. The van der Waals surface area contributed by atoms with Gasteiger partial charge in [0.15, 0.2) is 11.3 Å². The third kappa shape index (κ3) is 2.60. The van der Waals surface area contributed by atoms with Gasteiger partial charge in [-0.3, -0.25) is 4.79 Å². The summed E-state index contributed by atoms with van der Waals surface area (Å²) in [6.45, 7) is 1.82. The molecule has 4 nitrogen and oxygen atoms in total. The number of pyridine rings is 1. The van der Waals surface area contributed by atoms with E-state index in [1.165, 1.54) is 6.07 Å². The van der Waals surface area contributed by atoms with E-state index >= 15 is 0 Å². The number of anilines is 1. The third-order valence-corrected chi connectivity index (χ3v) is 2.92. The average Bonchev–Trinajstić information content (AvgIpc) is 2.85. The minimum atomic E-state index is -0.853. The number of furan rings is 1. The van der Waals surface area contributed by atoms with Crippen molar-refractivity contribution in [3.05, 3.63) is 59.5 Å². The topological polar surface area (TPSA) is 55.1 Å². The number of hydrogen-bond acceptors (Lipinski definition) is 3. The first-order valence-electron chi connectivity index (χ1n) is 6.16. The summed E-state index contributed by atoms with van der Waals surface area (Å²) in [5.41, 5.74) is 1.68. The van der Waals surface area contributed by atoms with Gasteiger partial charge in [0.25, 0.3) is 5.91 Å². The summed E-state index contributed by atoms with van der Waals surface area (Å²) in [6.07, 6.45) is 0. The Balaban J connectivity index is 1.89. The number of benzene rings is 1. The zero-order chi connectivity index (χ0) is 15.0. The Kier molecular flexibility index (Phi) is 3.13. The van der Waals surface area contributed by atoms with E-state index in [4.69, 9.17) is 4.42 Å². The SMILES string of the molecule is Cc1ccc2oc(C(=O)Nc3ccc(F)cc3F)cc2n1. The zero-order valence-electron chi connectivity index (χ0n) is 11.0. The van der Waals surface area contributed by atoms with Crippen LogP contribution in [0.4, 0.5) is 14.5 Å². The molecular weight excluding hydrogens is 278 g/mol. The van der Waals surface area contributed by atoms with E-state index in [9.17, 15) is 13.6 Å². The van der Waals surface area contributed by atoms with Crippen LogP contribution >= 0.6 is 0 Å². The van der Waals surface area contributed by atoms with Crippen LogP contribution < -0.4 is 5.32 Å². The van der Waals surface area contributed by atoms with E-state index in [2.05, 4.69) is 10.3 Å². The molecule has 6 heteroatoms. The van der Waals surface area contributed by atoms with Gasteiger partial charge in [-0.1, -0.05) is 0 Å². The molecular formula is C15H10F2N2O2. The normalized spacial score (nSPS) is 10.8. The highest BCUT2D eigenvalue weighted by molar-refractivity contribution is 6.04. The van der Waals surface area contributed by atoms with Crippen LogP contribution in [-0.2, 0) is 0 Å². The maximum absolute atomic E-state index is 13.5. The number of nitrogens with one attached hydrogen (secondary N) is 1. The number of halogens is 2. The van der Waals surface area contributed by atoms with Gasteiger partial charge in [0.1, 0.15) is 17.2 Å². The van der Waals surface area contributed by atoms with E-state index in [1.54, 1.807) is 12.1 Å². The van der Waals surface area contributed by atoms with Crippen molar-refractivity contribution in [2.75, 3.05) is 5.32 Å². The third-order valence-electron chi connectivity index (χ3n) is 2.92. The van der Waals surface area contributed by atoms with Gasteiger partial charge in [-0.25, -0.2) is 13.8 Å². The van der Waals surface area contributed by atoms with Gasteiger partial charge in [0.05, 0.1) is 5.69 Å². The molecule has 0 aliphatic heterocycles. The molecule has 0 fully saturated rings. The smallest absolute Gasteiger partial charge is 0.291 e. The van der Waals surface area contributed by atoms with Crippen LogP contribution in [0.5, 0.6) is 0 Å². The molecule has 0 unspecified atom stereocenters. The Morgan fingerprint density at radius 2 is 2.00 bits per heavy atom. The van der Waals surface area contributed by atoms with Crippen LogP contribution in [0.1, 0.15) is 16.2 Å². The highest BCUT2D eigenvalue weighted by atomic mass is 19.1. The molecule has 0 bridgehead atoms. The van der Waals surface area contributed by atoms with Gasteiger partial charge in [-0.15, -0.1) is 0 Å². The summed E-state index contributed by atoms with van der Waals surface area (Å²) in [7, 11) is 0. The second kappa shape index (κ2) is 4.97. The van der Waals surface area contributed by atoms with Crippen LogP contribution in [0.3, 0.4) is 0 Å². The fourth-order valence-electron chi connectivity index (χ4n) is 1.91. The second-order valence-electron chi connectivity index (χ2n) is 4.52. The summed E-state index contributed by atoms with van der Waals surface area (Å²) < 4.78 is 31.6. The van der Waals surface area contributed by atoms with Gasteiger partial charge in [0, 0.05) is 17.8 Å². The van der Waals surface area contributed by atoms with Crippen LogP contribution in [0.15, 0.2) is 40.8 Å². The van der Waals surface area contributed by atoms with Crippen molar-refractivity contribution in [2.45, 2.75) is 6.92 Å². The number of fused-ring (bicyclic) bond motifs is 1. The van der Waals surface area contributed by atoms with Gasteiger partial charge in [-0.05, 0) is 31.2 Å². The van der Waals surface area contributed by atoms with E-state index in [1.807, 2.05) is 6.92 Å². The van der Waals surface area contributed by atoms with E-state index in [-0.39, 0.29) is 11.4 Å². The molecule has 2 aromatic heterocycles. The summed E-state index contributed by atoms with van der Waals surface area (Å²) in [5.74, 6) is -2.19. The monoisotopic (exact) mass is 288 g/mol. The van der Waals surface area contributed by atoms with Gasteiger partial charge in [0.2, 0.25) is 0 Å². The molecule has 0 saturated carbocycles. The number of carbonyl (C=O) groups excluding carboxylic acids is 1. The van der Waals surface area contributed by atoms with Crippen LogP contribution in [-0.4, -0.2) is 10.9 Å². The number of aromatic nitrogens is 1. The fraction of sp³-hybridized carbons (Fsp3) is 0.0667. The highest BCUT2D eigenvalue weighted by Gasteiger charge is 2.15. The largest absolute Gasteiger partial charge is 0.449 e. The van der Waals surface area contributed by atoms with Crippen molar-refractivity contribution in [1.29, 1.82) is 0 Å². The number of carbonyl (C=O) groups is 1. The van der Waals surface area contributed by atoms with Gasteiger partial charge < -0.3 is 9.73 Å². The quantitative estimate of drug-likeness (QED) is 0.782. The Morgan fingerprint density at radius 3 is 2.76 bits per heavy atom. The first-order valence-corrected chi connectivity index (χ1v) is 6.16. The van der Waals surface area contributed by atoms with Gasteiger partial charge >= 0.3 is 0 Å². The summed E-state index contributed by atoms with van der Waals surface area (Å²) in [4.78, 5) is 16.2. The maximum Gasteiger partial charge on any atom is 0.291 e. The van der Waals surface area contributed by atoms with Crippen LogP contribution in [0, 0.1) is 18.6 Å². The Morgan fingerprint density at radius 1 is 1.19 bits per heavy atom. The first kappa shape index (κ1) is 13.2. The molecule has 0 saturated heterocycles. The standard InChI is InChI=1S/C15H10F2N2O2/c1-8-2-5-13-12(18-8)7-14(21-13)15(20)19-11-4-3-9(16)6-10(11)17/h2-7H,1H3,(H,19,20). The van der Waals surface area contributed by atoms with Crippen molar-refractivity contribution in [1.82, 2.24) is 4.98 Å². The molecule has 3 aromatic rings. The van der Waals surface area contributed by atoms with E-state index < -0.39 is 17.5 Å². The lowest BCUT2D eigenvalue weighted by Gasteiger charge is -2.04. The van der Waals surface area contributed by atoms with Crippen LogP contribution in [0.25, 0.3) is 11.1 Å². The number of aryl methyl sites for hydroxylation is 1. The molecule has 106 valence electrons. The Bertz CT molecular complexity index is 843. The molecule has 0 atom stereocenters. The molecule has 3 rings (SSSR count). The molecule has 0 aliphatic rings. The predicted octanol–water partition coefficient (Wildman–Crippen LogP) is 3.67. The summed E-state index contributed by atoms with van der Waals surface area (Å²) in [5, 5.41) is 2.33. The predicted molar refractivity (Wildman–Crippen MR) is 73.1 cm³/mol. The fourth-order valence-corrected chi connectivity index (χ4v) is 1.91. The maximum atomic E-state index is 13.5. The lowest BCUT2D eigenvalue weighted by Crippen LogP contribution is -2.12. The zero-order valence-corrected chi connectivity index (χ0v) is 11.0. The van der Waals surface area contributed by atoms with Crippen molar-refractivity contribution >= 4 is 22.7 Å². The molecule has 2 heterocycles. The molecule has 1 amide bonds. The molecule has 1 N–H and O–H groups in total. The summed E-state index contributed by atoms with van der Waals surface area (Å²) in [6, 6.07) is 7.83. The minimum absolute atomic E-state index is 0.00632.